The molecular formula is C19H38N6O. The fourth-order valence-electron chi connectivity index (χ4n) is 2.17. The maximum absolute atomic E-state index is 10.6. The molecule has 0 heterocycles. The zero-order valence-corrected chi connectivity index (χ0v) is 16.0. The van der Waals surface area contributed by atoms with Crippen molar-refractivity contribution in [2.75, 3.05) is 39.3 Å². The first-order valence-corrected chi connectivity index (χ1v) is 9.52. The maximum atomic E-state index is 10.6. The van der Waals surface area contributed by atoms with E-state index in [2.05, 4.69) is 10.6 Å². The molecule has 1 amide bonds. The Labute approximate surface area is 158 Å². The molecule has 0 saturated heterocycles. The van der Waals surface area contributed by atoms with Crippen molar-refractivity contribution in [2.24, 2.45) is 22.9 Å². The molecule has 0 saturated carbocycles. The van der Waals surface area contributed by atoms with Gasteiger partial charge in [-0.3, -0.25) is 4.79 Å². The Hall–Kier alpha value is -1.51. The fourth-order valence-corrected chi connectivity index (χ4v) is 2.17. The van der Waals surface area contributed by atoms with E-state index in [9.17, 15) is 4.79 Å². The summed E-state index contributed by atoms with van der Waals surface area (Å²) >= 11 is 0. The van der Waals surface area contributed by atoms with Crippen molar-refractivity contribution in [1.29, 1.82) is 0 Å². The van der Waals surface area contributed by atoms with Gasteiger partial charge < -0.3 is 33.6 Å². The van der Waals surface area contributed by atoms with Crippen LogP contribution >= 0.6 is 0 Å². The lowest BCUT2D eigenvalue weighted by Gasteiger charge is -2.06. The van der Waals surface area contributed by atoms with Crippen LogP contribution in [0.1, 0.15) is 31.2 Å². The summed E-state index contributed by atoms with van der Waals surface area (Å²) in [5, 5.41) is 6.72. The van der Waals surface area contributed by atoms with Gasteiger partial charge in [-0.25, -0.2) is 0 Å². The van der Waals surface area contributed by atoms with Crippen LogP contribution in [0.25, 0.3) is 0 Å². The second-order valence-corrected chi connectivity index (χ2v) is 6.19. The molecule has 0 unspecified atom stereocenters. The number of nitrogens with one attached hydrogen (secondary N) is 2. The molecule has 0 bridgehead atoms. The molecule has 10 N–H and O–H groups in total. The summed E-state index contributed by atoms with van der Waals surface area (Å²) in [6.45, 7) is 5.90. The van der Waals surface area contributed by atoms with E-state index < -0.39 is 11.9 Å². The van der Waals surface area contributed by atoms with Crippen molar-refractivity contribution in [3.63, 3.8) is 0 Å². The Kier molecular flexibility index (Phi) is 17.2. The van der Waals surface area contributed by atoms with Crippen LogP contribution in [0.5, 0.6) is 0 Å². The highest BCUT2D eigenvalue weighted by atomic mass is 16.1. The topological polar surface area (TPSA) is 145 Å². The second kappa shape index (κ2) is 18.3. The second-order valence-electron chi connectivity index (χ2n) is 6.19. The van der Waals surface area contributed by atoms with Crippen LogP contribution in [0.2, 0.25) is 0 Å². The maximum Gasteiger partial charge on any atom is 0.234 e. The molecular weight excluding hydrogens is 328 g/mol. The fraction of sp³-hybridized carbons (Fsp3) is 0.632. The van der Waals surface area contributed by atoms with E-state index in [1.807, 2.05) is 30.3 Å². The first-order valence-electron chi connectivity index (χ1n) is 9.52. The van der Waals surface area contributed by atoms with Crippen molar-refractivity contribution >= 4 is 5.91 Å². The van der Waals surface area contributed by atoms with E-state index >= 15 is 0 Å². The van der Waals surface area contributed by atoms with Crippen LogP contribution < -0.4 is 33.6 Å². The third-order valence-corrected chi connectivity index (χ3v) is 3.74. The predicted molar refractivity (Wildman–Crippen MR) is 110 cm³/mol. The van der Waals surface area contributed by atoms with Crippen molar-refractivity contribution < 1.29 is 4.79 Å². The lowest BCUT2D eigenvalue weighted by Crippen LogP contribution is -2.38. The summed E-state index contributed by atoms with van der Waals surface area (Å²) in [5.74, 6) is -0.459. The van der Waals surface area contributed by atoms with Crippen LogP contribution in [0.3, 0.4) is 0 Å². The number of hydrogen-bond acceptors (Lipinski definition) is 6. The van der Waals surface area contributed by atoms with Gasteiger partial charge in [0.05, 0.1) is 6.04 Å². The number of nitrogens with two attached hydrogens (primary N) is 4. The van der Waals surface area contributed by atoms with Gasteiger partial charge in [0.25, 0.3) is 0 Å². The minimum atomic E-state index is -0.576. The summed E-state index contributed by atoms with van der Waals surface area (Å²) in [7, 11) is 0. The average molecular weight is 367 g/mol. The third kappa shape index (κ3) is 16.0. The largest absolute Gasteiger partial charge is 0.368 e. The molecule has 1 atom stereocenters. The highest BCUT2D eigenvalue weighted by molar-refractivity contribution is 5.79. The molecule has 150 valence electrons. The van der Waals surface area contributed by atoms with E-state index in [0.29, 0.717) is 6.42 Å². The summed E-state index contributed by atoms with van der Waals surface area (Å²) in [5.41, 5.74) is 22.3. The molecule has 0 fully saturated rings. The molecule has 0 aromatic heterocycles. The average Bonchev–Trinajstić information content (AvgIpc) is 2.64. The minimum Gasteiger partial charge on any atom is -0.368 e. The van der Waals surface area contributed by atoms with Crippen molar-refractivity contribution in [1.82, 2.24) is 10.6 Å². The number of carbonyl (C=O) groups is 1. The van der Waals surface area contributed by atoms with Gasteiger partial charge in [-0.05, 0) is 76.9 Å². The molecule has 1 aromatic rings. The van der Waals surface area contributed by atoms with Crippen molar-refractivity contribution in [2.45, 2.75) is 38.1 Å². The third-order valence-electron chi connectivity index (χ3n) is 3.74. The molecule has 1 aromatic carbocycles. The zero-order valence-electron chi connectivity index (χ0n) is 16.0. The Bertz CT molecular complexity index is 417. The summed E-state index contributed by atoms with van der Waals surface area (Å²) in [4.78, 5) is 10.6. The monoisotopic (exact) mass is 366 g/mol. The van der Waals surface area contributed by atoms with E-state index in [1.54, 1.807) is 0 Å². The Morgan fingerprint density at radius 2 is 1.31 bits per heavy atom. The lowest BCUT2D eigenvalue weighted by atomic mass is 10.1. The number of unbranched alkanes of at least 4 members (excludes halogenated alkanes) is 1. The number of benzene rings is 1. The van der Waals surface area contributed by atoms with Gasteiger partial charge in [0.1, 0.15) is 0 Å². The number of rotatable bonds is 14. The molecule has 7 heteroatoms. The van der Waals surface area contributed by atoms with Gasteiger partial charge in [-0.15, -0.1) is 0 Å². The normalized spacial score (nSPS) is 11.5. The number of hydrogen-bond donors (Lipinski definition) is 6. The summed E-state index contributed by atoms with van der Waals surface area (Å²) < 4.78 is 0. The highest BCUT2D eigenvalue weighted by Gasteiger charge is 2.08. The van der Waals surface area contributed by atoms with Crippen LogP contribution in [0.15, 0.2) is 30.3 Å². The Morgan fingerprint density at radius 3 is 1.73 bits per heavy atom. The van der Waals surface area contributed by atoms with Crippen LogP contribution in [-0.2, 0) is 11.2 Å². The van der Waals surface area contributed by atoms with Gasteiger partial charge >= 0.3 is 0 Å². The Morgan fingerprint density at radius 1 is 0.846 bits per heavy atom. The molecule has 26 heavy (non-hydrogen) atoms. The molecule has 0 radical (unpaired) electrons. The highest BCUT2D eigenvalue weighted by Crippen LogP contribution is 2.00. The standard InChI is InChI=1S/C10H26N4.C9H12N2O/c11-5-3-9-13-7-1-2-8-14-10-4-6-12;10-8(9(11)12)6-7-4-2-1-3-5-7/h13-14H,1-12H2;1-5,8H,6,10H2,(H2,11,12)/t;8-/m.0/s1. The first-order chi connectivity index (χ1) is 12.6. The van der Waals surface area contributed by atoms with E-state index in [1.165, 1.54) is 12.8 Å². The van der Waals surface area contributed by atoms with Gasteiger partial charge in [0, 0.05) is 0 Å². The molecule has 7 nitrogen and oxygen atoms in total. The van der Waals surface area contributed by atoms with Gasteiger partial charge in [-0.1, -0.05) is 30.3 Å². The van der Waals surface area contributed by atoms with Gasteiger partial charge in [-0.2, -0.15) is 0 Å². The number of carbonyl (C=O) groups excluding carboxylic acids is 1. The first kappa shape index (κ1) is 24.5. The lowest BCUT2D eigenvalue weighted by molar-refractivity contribution is -0.119. The van der Waals surface area contributed by atoms with Crippen molar-refractivity contribution in [3.05, 3.63) is 35.9 Å². The van der Waals surface area contributed by atoms with Crippen LogP contribution in [0, 0.1) is 0 Å². The summed E-state index contributed by atoms with van der Waals surface area (Å²) in [6.07, 6.45) is 5.14. The minimum absolute atomic E-state index is 0.459. The zero-order chi connectivity index (χ0) is 19.5. The van der Waals surface area contributed by atoms with Gasteiger partial charge in [0.15, 0.2) is 0 Å². The molecule has 0 spiro atoms. The Balaban J connectivity index is 0.000000485. The number of amides is 1. The van der Waals surface area contributed by atoms with E-state index in [-0.39, 0.29) is 0 Å². The van der Waals surface area contributed by atoms with Crippen molar-refractivity contribution in [3.8, 4) is 0 Å². The molecule has 1 rings (SSSR count). The molecule has 0 aliphatic rings. The van der Waals surface area contributed by atoms with E-state index in [4.69, 9.17) is 22.9 Å². The van der Waals surface area contributed by atoms with Gasteiger partial charge in [0.2, 0.25) is 5.91 Å². The van der Waals surface area contributed by atoms with Crippen LogP contribution in [0.4, 0.5) is 0 Å². The summed E-state index contributed by atoms with van der Waals surface area (Å²) in [6, 6.07) is 8.99. The quantitative estimate of drug-likeness (QED) is 0.249. The molecule has 0 aliphatic heterocycles. The predicted octanol–water partition coefficient (Wildman–Crippen LogP) is -0.315. The van der Waals surface area contributed by atoms with E-state index in [0.717, 1.165) is 57.7 Å². The number of primary amides is 1. The SMILES string of the molecule is NC(=O)[C@@H](N)Cc1ccccc1.NCCCNCCCCNCCCN. The smallest absolute Gasteiger partial charge is 0.234 e. The molecule has 0 aliphatic carbocycles. The van der Waals surface area contributed by atoms with Crippen LogP contribution in [-0.4, -0.2) is 51.2 Å².